The van der Waals surface area contributed by atoms with Gasteiger partial charge in [-0.25, -0.2) is 8.42 Å². The summed E-state index contributed by atoms with van der Waals surface area (Å²) in [6.45, 7) is 0.539. The Bertz CT molecular complexity index is 1020. The van der Waals surface area contributed by atoms with Crippen LogP contribution in [0.3, 0.4) is 0 Å². The van der Waals surface area contributed by atoms with E-state index in [2.05, 4.69) is 0 Å². The number of likely N-dealkylation sites (N-methyl/N-ethyl adjacent to an activating group) is 1. The molecule has 1 saturated heterocycles. The maximum absolute atomic E-state index is 12.8. The highest BCUT2D eigenvalue weighted by molar-refractivity contribution is 7.89. The standard InChI is InChI=1S/C23H28N2O6S/c1-24(16-18-6-4-3-5-7-18)22(26)17-31-23(27)19-12-14-25(15-13-19)32(28,29)21-10-8-20(30-2)9-11-21/h3-11,19H,12-17H2,1-2H3. The zero-order chi connectivity index (χ0) is 23.1. The Hall–Kier alpha value is -2.91. The molecule has 1 fully saturated rings. The van der Waals surface area contributed by atoms with Crippen LogP contribution in [0, 0.1) is 5.92 Å². The van der Waals surface area contributed by atoms with Gasteiger partial charge in [0.2, 0.25) is 10.0 Å². The van der Waals surface area contributed by atoms with E-state index in [1.165, 1.54) is 28.4 Å². The molecule has 0 bridgehead atoms. The van der Waals surface area contributed by atoms with Crippen LogP contribution < -0.4 is 4.74 Å². The van der Waals surface area contributed by atoms with Crippen molar-refractivity contribution in [3.63, 3.8) is 0 Å². The normalized spacial score (nSPS) is 15.2. The molecule has 0 saturated carbocycles. The second kappa shape index (κ2) is 10.6. The summed E-state index contributed by atoms with van der Waals surface area (Å²) < 4.78 is 37.3. The summed E-state index contributed by atoms with van der Waals surface area (Å²) in [6.07, 6.45) is 0.699. The first-order valence-electron chi connectivity index (χ1n) is 10.4. The SMILES string of the molecule is COc1ccc(S(=O)(=O)N2CCC(C(=O)OCC(=O)N(C)Cc3ccccc3)CC2)cc1. The third-order valence-corrected chi connectivity index (χ3v) is 7.42. The van der Waals surface area contributed by atoms with E-state index in [1.807, 2.05) is 30.3 Å². The fourth-order valence-corrected chi connectivity index (χ4v) is 5.00. The summed E-state index contributed by atoms with van der Waals surface area (Å²) in [7, 11) is -0.463. The Morgan fingerprint density at radius 3 is 2.25 bits per heavy atom. The number of benzene rings is 2. The fourth-order valence-electron chi connectivity index (χ4n) is 3.53. The van der Waals surface area contributed by atoms with Gasteiger partial charge in [-0.3, -0.25) is 9.59 Å². The summed E-state index contributed by atoms with van der Waals surface area (Å²) >= 11 is 0. The van der Waals surface area contributed by atoms with Gasteiger partial charge in [0.25, 0.3) is 5.91 Å². The van der Waals surface area contributed by atoms with E-state index < -0.39 is 21.9 Å². The van der Waals surface area contributed by atoms with Gasteiger partial charge in [0.15, 0.2) is 6.61 Å². The number of hydrogen-bond donors (Lipinski definition) is 0. The Morgan fingerprint density at radius 1 is 1.03 bits per heavy atom. The number of methoxy groups -OCH3 is 1. The molecular formula is C23H28N2O6S. The number of hydrogen-bond acceptors (Lipinski definition) is 6. The van der Waals surface area contributed by atoms with Crippen molar-refractivity contribution >= 4 is 21.9 Å². The smallest absolute Gasteiger partial charge is 0.309 e. The molecule has 32 heavy (non-hydrogen) atoms. The van der Waals surface area contributed by atoms with Crippen LogP contribution >= 0.6 is 0 Å². The highest BCUT2D eigenvalue weighted by Crippen LogP contribution is 2.25. The molecule has 9 heteroatoms. The third-order valence-electron chi connectivity index (χ3n) is 5.51. The minimum absolute atomic E-state index is 0.186. The average Bonchev–Trinajstić information content (AvgIpc) is 2.83. The molecule has 0 unspecified atom stereocenters. The van der Waals surface area contributed by atoms with Crippen LogP contribution in [-0.2, 0) is 30.9 Å². The number of piperidine rings is 1. The number of ether oxygens (including phenoxy) is 2. The van der Waals surface area contributed by atoms with Crippen molar-refractivity contribution in [3.8, 4) is 5.75 Å². The van der Waals surface area contributed by atoms with Crippen molar-refractivity contribution in [3.05, 3.63) is 60.2 Å². The first-order valence-corrected chi connectivity index (χ1v) is 11.8. The van der Waals surface area contributed by atoms with Gasteiger partial charge in [0.1, 0.15) is 5.75 Å². The van der Waals surface area contributed by atoms with E-state index in [0.29, 0.717) is 25.1 Å². The molecule has 3 rings (SSSR count). The number of carbonyl (C=O) groups excluding carboxylic acids is 2. The predicted octanol–water partition coefficient (Wildman–Crippen LogP) is 2.30. The molecule has 0 atom stereocenters. The summed E-state index contributed by atoms with van der Waals surface area (Å²) in [6, 6.07) is 15.8. The fraction of sp³-hybridized carbons (Fsp3) is 0.391. The Morgan fingerprint density at radius 2 is 1.66 bits per heavy atom. The molecule has 1 amide bonds. The van der Waals surface area contributed by atoms with Crippen LogP contribution in [-0.4, -0.2) is 63.4 Å². The van der Waals surface area contributed by atoms with Gasteiger partial charge < -0.3 is 14.4 Å². The highest BCUT2D eigenvalue weighted by Gasteiger charge is 2.33. The Balaban J connectivity index is 1.47. The molecule has 2 aromatic carbocycles. The van der Waals surface area contributed by atoms with Crippen molar-refractivity contribution in [2.45, 2.75) is 24.3 Å². The second-order valence-electron chi connectivity index (χ2n) is 7.70. The zero-order valence-corrected chi connectivity index (χ0v) is 19.1. The number of esters is 1. The largest absolute Gasteiger partial charge is 0.497 e. The first kappa shape index (κ1) is 23.7. The summed E-state index contributed by atoms with van der Waals surface area (Å²) in [5.41, 5.74) is 0.986. The van der Waals surface area contributed by atoms with E-state index in [4.69, 9.17) is 9.47 Å². The molecule has 0 spiro atoms. The number of nitrogens with zero attached hydrogens (tertiary/aromatic N) is 2. The van der Waals surface area contributed by atoms with Crippen LogP contribution in [0.4, 0.5) is 0 Å². The van der Waals surface area contributed by atoms with Crippen molar-refractivity contribution in [2.75, 3.05) is 33.9 Å². The Labute approximate surface area is 188 Å². The summed E-state index contributed by atoms with van der Waals surface area (Å²) in [4.78, 5) is 26.4. The third kappa shape index (κ3) is 5.86. The molecule has 0 aromatic heterocycles. The molecular weight excluding hydrogens is 432 g/mol. The highest BCUT2D eigenvalue weighted by atomic mass is 32.2. The average molecular weight is 461 g/mol. The Kier molecular flexibility index (Phi) is 7.87. The molecule has 0 N–H and O–H groups in total. The van der Waals surface area contributed by atoms with Gasteiger partial charge >= 0.3 is 5.97 Å². The number of sulfonamides is 1. The van der Waals surface area contributed by atoms with Crippen LogP contribution in [0.25, 0.3) is 0 Å². The molecule has 172 valence electrons. The lowest BCUT2D eigenvalue weighted by Gasteiger charge is -2.30. The van der Waals surface area contributed by atoms with Gasteiger partial charge in [-0.2, -0.15) is 4.31 Å². The molecule has 2 aromatic rings. The molecule has 8 nitrogen and oxygen atoms in total. The molecule has 1 aliphatic heterocycles. The minimum atomic E-state index is -3.64. The molecule has 1 aliphatic rings. The molecule has 0 aliphatic carbocycles. The van der Waals surface area contributed by atoms with Crippen molar-refractivity contribution < 1.29 is 27.5 Å². The maximum atomic E-state index is 12.8. The first-order chi connectivity index (χ1) is 15.3. The molecule has 0 radical (unpaired) electrons. The van der Waals surface area contributed by atoms with Gasteiger partial charge in [0, 0.05) is 26.7 Å². The van der Waals surface area contributed by atoms with Gasteiger partial charge in [-0.1, -0.05) is 30.3 Å². The van der Waals surface area contributed by atoms with Crippen LogP contribution in [0.15, 0.2) is 59.5 Å². The van der Waals surface area contributed by atoms with Crippen molar-refractivity contribution in [1.82, 2.24) is 9.21 Å². The number of amides is 1. The van der Waals surface area contributed by atoms with Crippen LogP contribution in [0.1, 0.15) is 18.4 Å². The lowest BCUT2D eigenvalue weighted by atomic mass is 9.98. The lowest BCUT2D eigenvalue weighted by molar-refractivity contribution is -0.156. The van der Waals surface area contributed by atoms with Gasteiger partial charge in [0.05, 0.1) is 17.9 Å². The van der Waals surface area contributed by atoms with E-state index >= 15 is 0 Å². The molecule has 1 heterocycles. The zero-order valence-electron chi connectivity index (χ0n) is 18.3. The maximum Gasteiger partial charge on any atom is 0.309 e. The van der Waals surface area contributed by atoms with E-state index in [0.717, 1.165) is 5.56 Å². The minimum Gasteiger partial charge on any atom is -0.497 e. The van der Waals surface area contributed by atoms with E-state index in [-0.39, 0.29) is 30.5 Å². The van der Waals surface area contributed by atoms with E-state index in [1.54, 1.807) is 19.2 Å². The quantitative estimate of drug-likeness (QED) is 0.561. The number of carbonyl (C=O) groups is 2. The summed E-state index contributed by atoms with van der Waals surface area (Å²) in [5.74, 6) is -0.603. The summed E-state index contributed by atoms with van der Waals surface area (Å²) in [5, 5.41) is 0. The van der Waals surface area contributed by atoms with E-state index in [9.17, 15) is 18.0 Å². The van der Waals surface area contributed by atoms with Crippen LogP contribution in [0.2, 0.25) is 0 Å². The topological polar surface area (TPSA) is 93.2 Å². The van der Waals surface area contributed by atoms with Gasteiger partial charge in [-0.05, 0) is 42.7 Å². The van der Waals surface area contributed by atoms with Crippen molar-refractivity contribution in [1.29, 1.82) is 0 Å². The monoisotopic (exact) mass is 460 g/mol. The second-order valence-corrected chi connectivity index (χ2v) is 9.63. The number of rotatable bonds is 8. The van der Waals surface area contributed by atoms with Crippen LogP contribution in [0.5, 0.6) is 5.75 Å². The van der Waals surface area contributed by atoms with Crippen molar-refractivity contribution in [2.24, 2.45) is 5.92 Å². The predicted molar refractivity (Wildman–Crippen MR) is 118 cm³/mol. The van der Waals surface area contributed by atoms with Gasteiger partial charge in [-0.15, -0.1) is 0 Å². The lowest BCUT2D eigenvalue weighted by Crippen LogP contribution is -2.41.